The van der Waals surface area contributed by atoms with Crippen molar-refractivity contribution in [3.8, 4) is 0 Å². The Bertz CT molecular complexity index is 400. The Kier molecular flexibility index (Phi) is 14.9. The Morgan fingerprint density at radius 2 is 1.56 bits per heavy atom. The lowest BCUT2D eigenvalue weighted by molar-refractivity contribution is 0.199. The van der Waals surface area contributed by atoms with Gasteiger partial charge in [-0.05, 0) is 77.0 Å². The van der Waals surface area contributed by atoms with Gasteiger partial charge in [0.2, 0.25) is 0 Å². The zero-order chi connectivity index (χ0) is 20.8. The van der Waals surface area contributed by atoms with Crippen LogP contribution in [-0.4, -0.2) is 84.8 Å². The first-order chi connectivity index (χ1) is 12.8. The number of nitrogens with one attached hydrogen (secondary N) is 1. The second-order valence-electron chi connectivity index (χ2n) is 6.83. The van der Waals surface area contributed by atoms with Crippen molar-refractivity contribution in [2.45, 2.75) is 53.3 Å². The second-order valence-corrected chi connectivity index (χ2v) is 16.0. The summed E-state index contributed by atoms with van der Waals surface area (Å²) in [5.41, 5.74) is 0. The Labute approximate surface area is 172 Å². The largest absolute Gasteiger partial charge is 0.398 e. The maximum absolute atomic E-state index is 6.18. The normalized spacial score (nSPS) is 13.7. The molecule has 0 fully saturated rings. The summed E-state index contributed by atoms with van der Waals surface area (Å²) in [4.78, 5) is 3.82. The van der Waals surface area contributed by atoms with Crippen LogP contribution in [0.25, 0.3) is 0 Å². The third-order valence-corrected chi connectivity index (χ3v) is 15.0. The van der Waals surface area contributed by atoms with Gasteiger partial charge in [0.25, 0.3) is 0 Å². The summed E-state index contributed by atoms with van der Waals surface area (Å²) in [6, 6.07) is 1.01. The molecule has 0 bridgehead atoms. The first-order valence-electron chi connectivity index (χ1n) is 10.4. The van der Waals surface area contributed by atoms with E-state index in [0.29, 0.717) is 13.2 Å². The molecule has 0 saturated heterocycles. The Morgan fingerprint density at radius 1 is 1.00 bits per heavy atom. The van der Waals surface area contributed by atoms with Crippen LogP contribution in [0.15, 0.2) is 11.0 Å². The van der Waals surface area contributed by atoms with E-state index in [4.69, 9.17) is 17.7 Å². The van der Waals surface area contributed by atoms with Crippen molar-refractivity contribution >= 4 is 26.6 Å². The molecule has 9 heteroatoms. The minimum Gasteiger partial charge on any atom is -0.398 e. The van der Waals surface area contributed by atoms with E-state index in [-0.39, 0.29) is 0 Å². The Balaban J connectivity index is 4.78. The van der Waals surface area contributed by atoms with E-state index in [1.807, 2.05) is 0 Å². The topological polar surface area (TPSA) is 52.2 Å². The van der Waals surface area contributed by atoms with E-state index < -0.39 is 26.6 Å². The first kappa shape index (κ1) is 27.0. The van der Waals surface area contributed by atoms with E-state index >= 15 is 0 Å². The molecular weight excluding hydrogens is 392 g/mol. The molecule has 0 radical (unpaired) electrons. The number of rotatable bonds is 17. The lowest BCUT2D eigenvalue weighted by atomic mass is 10.5. The predicted octanol–water partition coefficient (Wildman–Crippen LogP) is 2.32. The highest BCUT2D eigenvalue weighted by Crippen LogP contribution is 2.18. The van der Waals surface area contributed by atoms with Crippen LogP contribution >= 0.6 is 0 Å². The maximum atomic E-state index is 6.18. The van der Waals surface area contributed by atoms with E-state index in [0.717, 1.165) is 38.3 Å². The first-order valence-corrected chi connectivity index (χ1v) is 16.9. The molecule has 0 saturated carbocycles. The van der Waals surface area contributed by atoms with Crippen LogP contribution in [-0.2, 0) is 17.7 Å². The molecule has 162 valence electrons. The number of hydrogen-bond acceptors (Lipinski definition) is 6. The fourth-order valence-corrected chi connectivity index (χ4v) is 10.2. The Morgan fingerprint density at radius 3 is 2.00 bits per heavy atom. The standard InChI is InChI=1S/C18H44N2O4Si3/c1-9-20(10-2)16-18(27(8,23-11-3)24-12-4)25-17-19-14-13-15-26(7,21-5)22-6/h16,19H,9-15,17,25H2,1-8H3. The van der Waals surface area contributed by atoms with Gasteiger partial charge in [-0.15, -0.1) is 0 Å². The van der Waals surface area contributed by atoms with Crippen molar-refractivity contribution in [1.82, 2.24) is 10.2 Å². The van der Waals surface area contributed by atoms with E-state index in [1.54, 1.807) is 14.2 Å². The van der Waals surface area contributed by atoms with Gasteiger partial charge in [0, 0.05) is 40.5 Å². The maximum Gasteiger partial charge on any atom is 0.362 e. The monoisotopic (exact) mass is 436 g/mol. The summed E-state index contributed by atoms with van der Waals surface area (Å²) in [5.74, 6) is 0. The van der Waals surface area contributed by atoms with Crippen LogP contribution in [0.5, 0.6) is 0 Å². The van der Waals surface area contributed by atoms with Gasteiger partial charge in [-0.25, -0.2) is 0 Å². The summed E-state index contributed by atoms with van der Waals surface area (Å²) in [7, 11) is -1.19. The van der Waals surface area contributed by atoms with E-state index in [9.17, 15) is 0 Å². The van der Waals surface area contributed by atoms with Crippen LogP contribution in [0, 0.1) is 0 Å². The van der Waals surface area contributed by atoms with Crippen molar-refractivity contribution < 1.29 is 17.7 Å². The average molecular weight is 437 g/mol. The van der Waals surface area contributed by atoms with Gasteiger partial charge >= 0.3 is 17.1 Å². The quantitative estimate of drug-likeness (QED) is 0.279. The Hall–Kier alpha value is -0.00935. The molecule has 0 aliphatic heterocycles. The van der Waals surface area contributed by atoms with E-state index in [2.05, 4.69) is 57.2 Å². The highest BCUT2D eigenvalue weighted by Gasteiger charge is 2.36. The zero-order valence-corrected chi connectivity index (χ0v) is 22.4. The average Bonchev–Trinajstić information content (AvgIpc) is 2.67. The molecule has 0 atom stereocenters. The van der Waals surface area contributed by atoms with Crippen molar-refractivity contribution in [2.75, 3.05) is 53.2 Å². The van der Waals surface area contributed by atoms with Gasteiger partial charge in [0.1, 0.15) is 0 Å². The SMILES string of the molecule is CCO[Si](C)(OCC)C(=CN(CC)CC)[SiH2]CNCCC[Si](C)(OC)OC. The van der Waals surface area contributed by atoms with Gasteiger partial charge in [0.05, 0.1) is 9.52 Å². The second kappa shape index (κ2) is 14.9. The summed E-state index contributed by atoms with van der Waals surface area (Å²) in [5, 5.41) is 3.63. The molecule has 0 aliphatic carbocycles. The van der Waals surface area contributed by atoms with Crippen LogP contribution in [0.3, 0.4) is 0 Å². The summed E-state index contributed by atoms with van der Waals surface area (Å²) in [6.45, 7) is 17.3. The van der Waals surface area contributed by atoms with Crippen LogP contribution in [0.2, 0.25) is 19.1 Å². The highest BCUT2D eigenvalue weighted by molar-refractivity contribution is 6.86. The molecule has 0 aromatic rings. The molecule has 0 heterocycles. The molecule has 0 aromatic heterocycles. The molecule has 1 N–H and O–H groups in total. The van der Waals surface area contributed by atoms with E-state index in [1.165, 1.54) is 4.82 Å². The van der Waals surface area contributed by atoms with Crippen LogP contribution < -0.4 is 5.32 Å². The fraction of sp³-hybridized carbons (Fsp3) is 0.889. The van der Waals surface area contributed by atoms with Gasteiger partial charge in [-0.3, -0.25) is 0 Å². The van der Waals surface area contributed by atoms with Crippen LogP contribution in [0.1, 0.15) is 34.1 Å². The number of nitrogens with zero attached hydrogens (tertiary/aromatic N) is 1. The smallest absolute Gasteiger partial charge is 0.362 e. The lowest BCUT2D eigenvalue weighted by Gasteiger charge is -2.31. The molecule has 0 amide bonds. The zero-order valence-electron chi connectivity index (χ0n) is 19.0. The molecule has 0 aliphatic rings. The van der Waals surface area contributed by atoms with Crippen molar-refractivity contribution in [1.29, 1.82) is 0 Å². The predicted molar refractivity (Wildman–Crippen MR) is 122 cm³/mol. The summed E-state index contributed by atoms with van der Waals surface area (Å²) < 4.78 is 23.5. The highest BCUT2D eigenvalue weighted by atomic mass is 28.4. The summed E-state index contributed by atoms with van der Waals surface area (Å²) in [6.07, 6.45) is 4.48. The molecule has 0 unspecified atom stereocenters. The lowest BCUT2D eigenvalue weighted by Crippen LogP contribution is -2.46. The minimum absolute atomic E-state index is 0.485. The third kappa shape index (κ3) is 10.4. The molecule has 0 rings (SSSR count). The van der Waals surface area contributed by atoms with Gasteiger partial charge < -0.3 is 27.9 Å². The van der Waals surface area contributed by atoms with Gasteiger partial charge in [0.15, 0.2) is 0 Å². The minimum atomic E-state index is -2.28. The molecular formula is C18H44N2O4Si3. The summed E-state index contributed by atoms with van der Waals surface area (Å²) >= 11 is 0. The van der Waals surface area contributed by atoms with Gasteiger partial charge in [-0.1, -0.05) is 0 Å². The molecule has 6 nitrogen and oxygen atoms in total. The number of hydrogen-bond donors (Lipinski definition) is 1. The molecule has 0 aromatic carbocycles. The third-order valence-electron chi connectivity index (χ3n) is 4.99. The van der Waals surface area contributed by atoms with Crippen LogP contribution in [0.4, 0.5) is 0 Å². The van der Waals surface area contributed by atoms with Gasteiger partial charge in [-0.2, -0.15) is 0 Å². The van der Waals surface area contributed by atoms with Crippen molar-refractivity contribution in [2.24, 2.45) is 0 Å². The van der Waals surface area contributed by atoms with Crippen molar-refractivity contribution in [3.63, 3.8) is 0 Å². The molecule has 27 heavy (non-hydrogen) atoms. The van der Waals surface area contributed by atoms with Crippen molar-refractivity contribution in [3.05, 3.63) is 11.0 Å². The molecule has 0 spiro atoms. The fourth-order valence-electron chi connectivity index (χ4n) is 2.98.